The number of halogens is 1. The van der Waals surface area contributed by atoms with E-state index in [1.165, 1.54) is 96.3 Å². The van der Waals surface area contributed by atoms with Gasteiger partial charge in [-0.3, -0.25) is 0 Å². The van der Waals surface area contributed by atoms with Gasteiger partial charge >= 0.3 is 0 Å². The second-order valence-corrected chi connectivity index (χ2v) is 9.75. The van der Waals surface area contributed by atoms with Gasteiger partial charge in [0.25, 0.3) is 0 Å². The molecule has 0 N–H and O–H groups in total. The Morgan fingerprint density at radius 2 is 1.56 bits per heavy atom. The summed E-state index contributed by atoms with van der Waals surface area (Å²) in [5, 5.41) is 10.4. The number of nitrogens with zero attached hydrogens (tertiary/aromatic N) is 1. The van der Waals surface area contributed by atoms with E-state index in [4.69, 9.17) is 4.74 Å². The monoisotopic (exact) mass is 439 g/mol. The minimum absolute atomic E-state index is 0.155. The van der Waals surface area contributed by atoms with Gasteiger partial charge in [0.2, 0.25) is 0 Å². The molecular formula is C24H42BrNO. The van der Waals surface area contributed by atoms with Gasteiger partial charge in [-0.2, -0.15) is 5.26 Å². The zero-order valence-corrected chi connectivity index (χ0v) is 19.3. The Balaban J connectivity index is 1.48. The SMILES string of the molecule is CCCCCCCCCC(C#N)CCCCCC1OC2(CBr)CCC1CC2. The lowest BCUT2D eigenvalue weighted by atomic mass is 9.72. The van der Waals surface area contributed by atoms with E-state index in [9.17, 15) is 5.26 Å². The molecule has 0 aromatic rings. The molecule has 2 nitrogen and oxygen atoms in total. The Morgan fingerprint density at radius 1 is 0.963 bits per heavy atom. The van der Waals surface area contributed by atoms with Crippen LogP contribution < -0.4 is 0 Å². The Labute approximate surface area is 176 Å². The highest BCUT2D eigenvalue weighted by Crippen LogP contribution is 2.46. The summed E-state index contributed by atoms with van der Waals surface area (Å²) in [7, 11) is 0. The third-order valence-corrected chi connectivity index (χ3v) is 8.01. The van der Waals surface area contributed by atoms with Gasteiger partial charge in [0, 0.05) is 11.2 Å². The van der Waals surface area contributed by atoms with Crippen molar-refractivity contribution in [1.29, 1.82) is 5.26 Å². The number of hydrogen-bond donors (Lipinski definition) is 0. The van der Waals surface area contributed by atoms with E-state index in [0.717, 1.165) is 24.1 Å². The number of ether oxygens (including phenoxy) is 1. The average molecular weight is 441 g/mol. The van der Waals surface area contributed by atoms with Crippen molar-refractivity contribution in [3.63, 3.8) is 0 Å². The molecule has 2 bridgehead atoms. The van der Waals surface area contributed by atoms with Crippen LogP contribution >= 0.6 is 15.9 Å². The zero-order chi connectivity index (χ0) is 19.4. The molecule has 3 rings (SSSR count). The van der Waals surface area contributed by atoms with Crippen LogP contribution in [0, 0.1) is 23.2 Å². The first kappa shape index (κ1) is 23.2. The van der Waals surface area contributed by atoms with E-state index >= 15 is 0 Å². The van der Waals surface area contributed by atoms with Gasteiger partial charge in [-0.25, -0.2) is 0 Å². The average Bonchev–Trinajstić information content (AvgIpc) is 2.72. The van der Waals surface area contributed by atoms with Gasteiger partial charge in [0.1, 0.15) is 0 Å². The molecule has 156 valence electrons. The largest absolute Gasteiger partial charge is 0.371 e. The van der Waals surface area contributed by atoms with Crippen molar-refractivity contribution in [3.05, 3.63) is 0 Å². The molecule has 0 aromatic carbocycles. The van der Waals surface area contributed by atoms with Gasteiger partial charge in [-0.15, -0.1) is 0 Å². The molecule has 2 unspecified atom stereocenters. The van der Waals surface area contributed by atoms with Gasteiger partial charge in [-0.1, -0.05) is 87.1 Å². The van der Waals surface area contributed by atoms with Crippen LogP contribution in [0.2, 0.25) is 0 Å². The van der Waals surface area contributed by atoms with Crippen molar-refractivity contribution >= 4 is 15.9 Å². The van der Waals surface area contributed by atoms with Crippen LogP contribution in [0.4, 0.5) is 0 Å². The maximum Gasteiger partial charge on any atom is 0.0783 e. The van der Waals surface area contributed by atoms with Crippen LogP contribution in [0.3, 0.4) is 0 Å². The van der Waals surface area contributed by atoms with Crippen LogP contribution in [0.25, 0.3) is 0 Å². The molecule has 1 aliphatic carbocycles. The summed E-state index contributed by atoms with van der Waals surface area (Å²) < 4.78 is 6.47. The molecule has 3 heteroatoms. The fourth-order valence-electron chi connectivity index (χ4n) is 5.07. The lowest BCUT2D eigenvalue weighted by Crippen LogP contribution is -2.51. The highest BCUT2D eigenvalue weighted by molar-refractivity contribution is 9.09. The first-order chi connectivity index (χ1) is 13.2. The van der Waals surface area contributed by atoms with E-state index in [-0.39, 0.29) is 5.60 Å². The van der Waals surface area contributed by atoms with Crippen LogP contribution in [-0.2, 0) is 4.74 Å². The lowest BCUT2D eigenvalue weighted by Gasteiger charge is -2.50. The van der Waals surface area contributed by atoms with Crippen molar-refractivity contribution in [2.45, 2.75) is 128 Å². The van der Waals surface area contributed by atoms with E-state index in [1.807, 2.05) is 0 Å². The molecule has 0 radical (unpaired) electrons. The molecule has 1 saturated carbocycles. The molecule has 2 atom stereocenters. The molecule has 2 heterocycles. The van der Waals surface area contributed by atoms with Gasteiger partial charge < -0.3 is 4.74 Å². The Hall–Kier alpha value is -0.0700. The second kappa shape index (κ2) is 13.2. The third-order valence-electron chi connectivity index (χ3n) is 6.99. The van der Waals surface area contributed by atoms with Crippen molar-refractivity contribution in [3.8, 4) is 6.07 Å². The first-order valence-electron chi connectivity index (χ1n) is 11.9. The van der Waals surface area contributed by atoms with Crippen LogP contribution in [0.5, 0.6) is 0 Å². The fraction of sp³-hybridized carbons (Fsp3) is 0.958. The van der Waals surface area contributed by atoms with Gasteiger partial charge in [-0.05, 0) is 50.9 Å². The van der Waals surface area contributed by atoms with Crippen LogP contribution in [-0.4, -0.2) is 17.0 Å². The molecular weight excluding hydrogens is 398 g/mol. The van der Waals surface area contributed by atoms with Crippen molar-refractivity contribution < 1.29 is 4.74 Å². The molecule has 3 fully saturated rings. The van der Waals surface area contributed by atoms with Crippen LogP contribution in [0.1, 0.15) is 116 Å². The molecule has 2 aliphatic heterocycles. The number of nitriles is 1. The normalized spacial score (nSPS) is 28.2. The Morgan fingerprint density at radius 3 is 2.15 bits per heavy atom. The second-order valence-electron chi connectivity index (χ2n) is 9.18. The number of unbranched alkanes of at least 4 members (excludes halogenated alkanes) is 8. The summed E-state index contributed by atoms with van der Waals surface area (Å²) in [6.45, 7) is 2.27. The summed E-state index contributed by atoms with van der Waals surface area (Å²) in [5.74, 6) is 1.11. The quantitative estimate of drug-likeness (QED) is 0.191. The topological polar surface area (TPSA) is 33.0 Å². The summed E-state index contributed by atoms with van der Waals surface area (Å²) in [6.07, 6.45) is 22.3. The molecule has 0 spiro atoms. The zero-order valence-electron chi connectivity index (χ0n) is 17.7. The first-order valence-corrected chi connectivity index (χ1v) is 13.0. The van der Waals surface area contributed by atoms with Crippen molar-refractivity contribution in [1.82, 2.24) is 0 Å². The van der Waals surface area contributed by atoms with Crippen molar-refractivity contribution in [2.24, 2.45) is 11.8 Å². The molecule has 3 aliphatic rings. The summed E-state index contributed by atoms with van der Waals surface area (Å²) >= 11 is 3.68. The number of fused-ring (bicyclic) bond motifs is 3. The van der Waals surface area contributed by atoms with E-state index in [2.05, 4.69) is 28.9 Å². The summed E-state index contributed by atoms with van der Waals surface area (Å²) in [4.78, 5) is 0. The predicted octanol–water partition coefficient (Wildman–Crippen LogP) is 7.94. The molecule has 0 amide bonds. The van der Waals surface area contributed by atoms with E-state index < -0.39 is 0 Å². The highest BCUT2D eigenvalue weighted by Gasteiger charge is 2.45. The molecule has 0 aromatic heterocycles. The maximum atomic E-state index is 9.41. The van der Waals surface area contributed by atoms with Crippen LogP contribution in [0.15, 0.2) is 0 Å². The Kier molecular flexibility index (Phi) is 11.4. The fourth-order valence-corrected chi connectivity index (χ4v) is 5.76. The molecule has 2 saturated heterocycles. The van der Waals surface area contributed by atoms with Gasteiger partial charge in [0.05, 0.1) is 17.8 Å². The number of hydrogen-bond acceptors (Lipinski definition) is 2. The highest BCUT2D eigenvalue weighted by atomic mass is 79.9. The molecule has 27 heavy (non-hydrogen) atoms. The maximum absolute atomic E-state index is 9.41. The standard InChI is InChI=1S/C24H42BrNO/c1-2-3-4-5-6-7-9-12-21(19-26)13-10-8-11-14-23-22-15-17-24(20-25,27-23)18-16-22/h21-23H,2-18,20H2,1H3. The smallest absolute Gasteiger partial charge is 0.0783 e. The van der Waals surface area contributed by atoms with E-state index in [0.29, 0.717) is 12.0 Å². The number of alkyl halides is 1. The Bertz CT molecular complexity index is 425. The third kappa shape index (κ3) is 8.06. The summed E-state index contributed by atoms with van der Waals surface area (Å²) in [6, 6.07) is 2.56. The number of rotatable bonds is 15. The van der Waals surface area contributed by atoms with E-state index in [1.54, 1.807) is 0 Å². The lowest BCUT2D eigenvalue weighted by molar-refractivity contribution is -0.183. The minimum atomic E-state index is 0.155. The van der Waals surface area contributed by atoms with Gasteiger partial charge in [0.15, 0.2) is 0 Å². The minimum Gasteiger partial charge on any atom is -0.371 e. The predicted molar refractivity (Wildman–Crippen MR) is 118 cm³/mol. The summed E-state index contributed by atoms with van der Waals surface area (Å²) in [5.41, 5.74) is 0.155. The van der Waals surface area contributed by atoms with Crippen molar-refractivity contribution in [2.75, 3.05) is 5.33 Å².